The van der Waals surface area contributed by atoms with Crippen molar-refractivity contribution in [1.29, 1.82) is 0 Å². The Morgan fingerprint density at radius 1 is 1.31 bits per heavy atom. The van der Waals surface area contributed by atoms with Crippen LogP contribution in [0.25, 0.3) is 0 Å². The molecule has 0 aliphatic carbocycles. The van der Waals surface area contributed by atoms with Crippen molar-refractivity contribution in [3.63, 3.8) is 0 Å². The van der Waals surface area contributed by atoms with Crippen molar-refractivity contribution in [2.45, 2.75) is 26.8 Å². The summed E-state index contributed by atoms with van der Waals surface area (Å²) < 4.78 is 18.8. The van der Waals surface area contributed by atoms with Gasteiger partial charge < -0.3 is 10.5 Å². The van der Waals surface area contributed by atoms with E-state index in [-0.39, 0.29) is 29.7 Å². The fourth-order valence-electron chi connectivity index (χ4n) is 1.43. The Morgan fingerprint density at radius 3 is 2.31 bits per heavy atom. The predicted octanol–water partition coefficient (Wildman–Crippen LogP) is 3.30. The summed E-state index contributed by atoms with van der Waals surface area (Å²) >= 11 is 0. The SMILES string of the molecule is COc1cccc(F)c1[C@H](N)C(C)(C)C.Cl. The largest absolute Gasteiger partial charge is 0.496 e. The Bertz CT molecular complexity index is 349. The van der Waals surface area contributed by atoms with Crippen LogP contribution in [0.2, 0.25) is 0 Å². The van der Waals surface area contributed by atoms with Gasteiger partial charge in [0.1, 0.15) is 11.6 Å². The van der Waals surface area contributed by atoms with E-state index in [0.29, 0.717) is 11.3 Å². The highest BCUT2D eigenvalue weighted by atomic mass is 35.5. The molecule has 0 unspecified atom stereocenters. The van der Waals surface area contributed by atoms with Gasteiger partial charge in [0.05, 0.1) is 7.11 Å². The van der Waals surface area contributed by atoms with Gasteiger partial charge in [0.15, 0.2) is 0 Å². The van der Waals surface area contributed by atoms with Gasteiger partial charge in [0.2, 0.25) is 0 Å². The van der Waals surface area contributed by atoms with Gasteiger partial charge >= 0.3 is 0 Å². The molecule has 0 fully saturated rings. The van der Waals surface area contributed by atoms with Crippen LogP contribution in [0.5, 0.6) is 5.75 Å². The molecule has 0 amide bonds. The van der Waals surface area contributed by atoms with Gasteiger partial charge in [0.25, 0.3) is 0 Å². The highest BCUT2D eigenvalue weighted by Gasteiger charge is 2.27. The van der Waals surface area contributed by atoms with Crippen molar-refractivity contribution in [3.8, 4) is 5.75 Å². The summed E-state index contributed by atoms with van der Waals surface area (Å²) in [5.41, 5.74) is 6.28. The summed E-state index contributed by atoms with van der Waals surface area (Å²) in [6, 6.07) is 4.37. The first-order chi connectivity index (χ1) is 6.88. The number of hydrogen-bond donors (Lipinski definition) is 1. The number of halogens is 2. The van der Waals surface area contributed by atoms with E-state index in [1.807, 2.05) is 20.8 Å². The lowest BCUT2D eigenvalue weighted by atomic mass is 9.82. The molecule has 1 aromatic rings. The van der Waals surface area contributed by atoms with Gasteiger partial charge in [-0.05, 0) is 17.5 Å². The maximum absolute atomic E-state index is 13.7. The molecule has 0 spiro atoms. The van der Waals surface area contributed by atoms with E-state index in [2.05, 4.69) is 0 Å². The van der Waals surface area contributed by atoms with Crippen molar-refractivity contribution < 1.29 is 9.13 Å². The highest BCUT2D eigenvalue weighted by Crippen LogP contribution is 2.36. The summed E-state index contributed by atoms with van der Waals surface area (Å²) in [6.45, 7) is 5.93. The molecule has 0 bridgehead atoms. The first kappa shape index (κ1) is 15.2. The molecule has 0 aliphatic rings. The molecule has 16 heavy (non-hydrogen) atoms. The quantitative estimate of drug-likeness (QED) is 0.870. The molecular formula is C12H19ClFNO. The molecule has 0 aromatic heterocycles. The van der Waals surface area contributed by atoms with E-state index in [0.717, 1.165) is 0 Å². The number of hydrogen-bond acceptors (Lipinski definition) is 2. The second kappa shape index (κ2) is 5.51. The van der Waals surface area contributed by atoms with Gasteiger partial charge in [-0.2, -0.15) is 0 Å². The molecule has 1 rings (SSSR count). The van der Waals surface area contributed by atoms with Crippen LogP contribution in [0.3, 0.4) is 0 Å². The first-order valence-electron chi connectivity index (χ1n) is 4.96. The Hall–Kier alpha value is -0.800. The van der Waals surface area contributed by atoms with Crippen LogP contribution in [0, 0.1) is 11.2 Å². The number of rotatable bonds is 2. The number of ether oxygens (including phenoxy) is 1. The number of benzene rings is 1. The van der Waals surface area contributed by atoms with Crippen LogP contribution in [0.1, 0.15) is 32.4 Å². The monoisotopic (exact) mass is 247 g/mol. The predicted molar refractivity (Wildman–Crippen MR) is 66.6 cm³/mol. The smallest absolute Gasteiger partial charge is 0.131 e. The van der Waals surface area contributed by atoms with E-state index < -0.39 is 0 Å². The van der Waals surface area contributed by atoms with Gasteiger partial charge in [-0.15, -0.1) is 12.4 Å². The van der Waals surface area contributed by atoms with Gasteiger partial charge in [0, 0.05) is 11.6 Å². The minimum Gasteiger partial charge on any atom is -0.496 e. The van der Waals surface area contributed by atoms with Gasteiger partial charge in [-0.3, -0.25) is 0 Å². The Kier molecular flexibility index (Phi) is 5.23. The fraction of sp³-hybridized carbons (Fsp3) is 0.500. The minimum atomic E-state index is -0.381. The average Bonchev–Trinajstić information content (AvgIpc) is 2.15. The van der Waals surface area contributed by atoms with Crippen molar-refractivity contribution in [2.24, 2.45) is 11.1 Å². The molecule has 0 saturated carbocycles. The topological polar surface area (TPSA) is 35.2 Å². The summed E-state index contributed by atoms with van der Waals surface area (Å²) in [5, 5.41) is 0. The van der Waals surface area contributed by atoms with Crippen LogP contribution < -0.4 is 10.5 Å². The van der Waals surface area contributed by atoms with Crippen LogP contribution in [0.4, 0.5) is 4.39 Å². The summed E-state index contributed by atoms with van der Waals surface area (Å²) in [5.74, 6) is 0.203. The van der Waals surface area contributed by atoms with E-state index in [4.69, 9.17) is 10.5 Å². The zero-order valence-corrected chi connectivity index (χ0v) is 10.9. The molecule has 0 saturated heterocycles. The van der Waals surface area contributed by atoms with E-state index in [1.54, 1.807) is 12.1 Å². The Labute approximate surface area is 102 Å². The van der Waals surface area contributed by atoms with Crippen LogP contribution in [-0.2, 0) is 0 Å². The lowest BCUT2D eigenvalue weighted by Gasteiger charge is -2.28. The molecular weight excluding hydrogens is 229 g/mol. The van der Waals surface area contributed by atoms with Gasteiger partial charge in [-0.25, -0.2) is 4.39 Å². The maximum atomic E-state index is 13.7. The van der Waals surface area contributed by atoms with E-state index in [1.165, 1.54) is 13.2 Å². The Balaban J connectivity index is 0.00000225. The molecule has 0 radical (unpaired) electrons. The first-order valence-corrected chi connectivity index (χ1v) is 4.96. The van der Waals surface area contributed by atoms with Crippen molar-refractivity contribution in [1.82, 2.24) is 0 Å². The van der Waals surface area contributed by atoms with Crippen molar-refractivity contribution in [3.05, 3.63) is 29.6 Å². The molecule has 92 valence electrons. The average molecular weight is 248 g/mol. The normalized spacial score (nSPS) is 12.9. The molecule has 1 aromatic carbocycles. The minimum absolute atomic E-state index is 0. The number of methoxy groups -OCH3 is 1. The third-order valence-electron chi connectivity index (χ3n) is 2.48. The maximum Gasteiger partial charge on any atom is 0.131 e. The zero-order chi connectivity index (χ0) is 11.6. The van der Waals surface area contributed by atoms with E-state index >= 15 is 0 Å². The highest BCUT2D eigenvalue weighted by molar-refractivity contribution is 5.85. The summed E-state index contributed by atoms with van der Waals surface area (Å²) in [4.78, 5) is 0. The van der Waals surface area contributed by atoms with Crippen molar-refractivity contribution in [2.75, 3.05) is 7.11 Å². The van der Waals surface area contributed by atoms with E-state index in [9.17, 15) is 4.39 Å². The van der Waals surface area contributed by atoms with Crippen LogP contribution >= 0.6 is 12.4 Å². The zero-order valence-electron chi connectivity index (χ0n) is 10.1. The standard InChI is InChI=1S/C12H18FNO.ClH/c1-12(2,3)11(14)10-8(13)6-5-7-9(10)15-4;/h5-7,11H,14H2,1-4H3;1H/t11-;/m0./s1. The molecule has 1 atom stereocenters. The lowest BCUT2D eigenvalue weighted by Crippen LogP contribution is -2.27. The second-order valence-electron chi connectivity index (χ2n) is 4.70. The molecule has 0 heterocycles. The fourth-order valence-corrected chi connectivity index (χ4v) is 1.43. The molecule has 2 N–H and O–H groups in total. The number of nitrogens with two attached hydrogens (primary N) is 1. The van der Waals surface area contributed by atoms with Crippen LogP contribution in [-0.4, -0.2) is 7.11 Å². The second-order valence-corrected chi connectivity index (χ2v) is 4.70. The van der Waals surface area contributed by atoms with Crippen LogP contribution in [0.15, 0.2) is 18.2 Å². The third-order valence-corrected chi connectivity index (χ3v) is 2.48. The molecule has 4 heteroatoms. The van der Waals surface area contributed by atoms with Crippen molar-refractivity contribution >= 4 is 12.4 Å². The molecule has 2 nitrogen and oxygen atoms in total. The molecule has 0 aliphatic heterocycles. The van der Waals surface area contributed by atoms with Gasteiger partial charge in [-0.1, -0.05) is 26.8 Å². The summed E-state index contributed by atoms with van der Waals surface area (Å²) in [6.07, 6.45) is 0. The lowest BCUT2D eigenvalue weighted by molar-refractivity contribution is 0.305. The third kappa shape index (κ3) is 3.09. The Morgan fingerprint density at radius 2 is 1.88 bits per heavy atom. The summed E-state index contributed by atoms with van der Waals surface area (Å²) in [7, 11) is 1.52.